The van der Waals surface area contributed by atoms with Crippen molar-refractivity contribution in [2.75, 3.05) is 5.73 Å². The number of halogens is 2. The first-order valence-corrected chi connectivity index (χ1v) is 2.20. The first kappa shape index (κ1) is 14.5. The Kier molecular flexibility index (Phi) is 8.55. The first-order valence-electron chi connectivity index (χ1n) is 2.20. The molecule has 0 spiro atoms. The fourth-order valence-electron chi connectivity index (χ4n) is 0.392. The Hall–Kier alpha value is 0.976. The Bertz CT molecular complexity index is 278. The van der Waals surface area contributed by atoms with Gasteiger partial charge in [-0.25, -0.2) is 9.18 Å². The van der Waals surface area contributed by atoms with Gasteiger partial charge in [-0.15, -0.1) is 0 Å². The maximum absolute atomic E-state index is 12.1. The van der Waals surface area contributed by atoms with Crippen LogP contribution in [0.3, 0.4) is 0 Å². The Morgan fingerprint density at radius 3 is 2.55 bits per heavy atom. The van der Waals surface area contributed by atoms with Gasteiger partial charge in [-0.05, 0) is 0 Å². The molecule has 1 rings (SSSR count). The van der Waals surface area contributed by atoms with E-state index < -0.39 is 11.5 Å². The number of nitrogens with two attached hydrogens (primary N) is 1. The quantitative estimate of drug-likeness (QED) is 0.369. The molecule has 0 saturated carbocycles. The molecule has 11 heavy (non-hydrogen) atoms. The molecular formula is C4H4FIKN3O. The topological polar surface area (TPSA) is 71.8 Å². The van der Waals surface area contributed by atoms with Gasteiger partial charge in [-0.2, -0.15) is 4.98 Å². The molecule has 4 nitrogen and oxygen atoms in total. The van der Waals surface area contributed by atoms with E-state index in [0.29, 0.717) is 0 Å². The standard InChI is InChI=1S/C4H4FN3O.HI.K/c5-2-1-7-4(9)8-3(2)6;;/h1H,(H3,6,7,8,9);1H;/q;;+1/p-1. The van der Waals surface area contributed by atoms with Gasteiger partial charge in [0.2, 0.25) is 0 Å². The average Bonchev–Trinajstić information content (AvgIpc) is 1.80. The summed E-state index contributed by atoms with van der Waals surface area (Å²) in [5, 5.41) is 0. The number of aromatic amines is 1. The van der Waals surface area contributed by atoms with E-state index in [9.17, 15) is 9.18 Å². The molecule has 56 valence electrons. The van der Waals surface area contributed by atoms with Crippen molar-refractivity contribution in [3.05, 3.63) is 22.5 Å². The molecule has 1 aromatic heterocycles. The van der Waals surface area contributed by atoms with E-state index in [1.165, 1.54) is 0 Å². The Labute approximate surface area is 122 Å². The van der Waals surface area contributed by atoms with Gasteiger partial charge in [-0.3, -0.25) is 4.98 Å². The third-order valence-electron chi connectivity index (χ3n) is 0.794. The second-order valence-electron chi connectivity index (χ2n) is 1.45. The van der Waals surface area contributed by atoms with Crippen molar-refractivity contribution in [1.82, 2.24) is 9.97 Å². The van der Waals surface area contributed by atoms with Crippen molar-refractivity contribution in [2.45, 2.75) is 0 Å². The fourth-order valence-corrected chi connectivity index (χ4v) is 0.392. The van der Waals surface area contributed by atoms with E-state index in [-0.39, 0.29) is 81.2 Å². The number of hydrogen-bond acceptors (Lipinski definition) is 3. The van der Waals surface area contributed by atoms with Crippen molar-refractivity contribution in [2.24, 2.45) is 0 Å². The van der Waals surface area contributed by atoms with Crippen LogP contribution in [0.1, 0.15) is 0 Å². The van der Waals surface area contributed by atoms with Crippen LogP contribution in [0.2, 0.25) is 0 Å². The van der Waals surface area contributed by atoms with Crippen molar-refractivity contribution >= 4 is 5.82 Å². The van der Waals surface area contributed by atoms with Crippen molar-refractivity contribution in [1.29, 1.82) is 0 Å². The molecule has 0 bridgehead atoms. The molecule has 0 aliphatic rings. The zero-order valence-electron chi connectivity index (χ0n) is 5.77. The third kappa shape index (κ3) is 4.53. The monoisotopic (exact) mass is 295 g/mol. The second-order valence-corrected chi connectivity index (χ2v) is 1.45. The predicted molar refractivity (Wildman–Crippen MR) is 29.2 cm³/mol. The number of rotatable bonds is 0. The van der Waals surface area contributed by atoms with Gasteiger partial charge >= 0.3 is 57.1 Å². The smallest absolute Gasteiger partial charge is 1.00 e. The van der Waals surface area contributed by atoms with Crippen LogP contribution in [0, 0.1) is 5.82 Å². The molecular weight excluding hydrogens is 291 g/mol. The van der Waals surface area contributed by atoms with Crippen LogP contribution in [-0.4, -0.2) is 9.97 Å². The number of H-pyrrole nitrogens is 1. The second kappa shape index (κ2) is 6.49. The molecule has 0 aromatic carbocycles. The van der Waals surface area contributed by atoms with Crippen molar-refractivity contribution < 1.29 is 79.8 Å². The average molecular weight is 295 g/mol. The van der Waals surface area contributed by atoms with E-state index in [1.54, 1.807) is 0 Å². The predicted octanol–water partition coefficient (Wildman–Crippen LogP) is -6.50. The van der Waals surface area contributed by atoms with E-state index in [4.69, 9.17) is 5.73 Å². The molecule has 1 aromatic rings. The van der Waals surface area contributed by atoms with E-state index in [0.717, 1.165) is 6.20 Å². The van der Waals surface area contributed by atoms with Crippen LogP contribution in [0.15, 0.2) is 11.0 Å². The zero-order chi connectivity index (χ0) is 6.85. The molecule has 0 amide bonds. The van der Waals surface area contributed by atoms with Crippen LogP contribution >= 0.6 is 0 Å². The van der Waals surface area contributed by atoms with Gasteiger partial charge in [0.15, 0.2) is 5.82 Å². The minimum atomic E-state index is -0.713. The van der Waals surface area contributed by atoms with E-state index in [2.05, 4.69) is 4.98 Å². The SMILES string of the molecule is Nc1[nH]c(=O)ncc1F.[I-].[K+]. The molecule has 0 saturated heterocycles. The number of aromatic nitrogens is 2. The number of anilines is 1. The molecule has 3 N–H and O–H groups in total. The summed E-state index contributed by atoms with van der Waals surface area (Å²) in [5.41, 5.74) is 4.31. The molecule has 7 heteroatoms. The fraction of sp³-hybridized carbons (Fsp3) is 0. The molecule has 0 unspecified atom stereocenters. The summed E-state index contributed by atoms with van der Waals surface area (Å²) in [4.78, 5) is 15.3. The van der Waals surface area contributed by atoms with Crippen LogP contribution in [-0.2, 0) is 0 Å². The van der Waals surface area contributed by atoms with Gasteiger partial charge in [0.05, 0.1) is 6.20 Å². The summed E-state index contributed by atoms with van der Waals surface area (Å²) in [7, 11) is 0. The maximum Gasteiger partial charge on any atom is 1.00 e. The van der Waals surface area contributed by atoms with Crippen LogP contribution in [0.25, 0.3) is 0 Å². The summed E-state index contributed by atoms with van der Waals surface area (Å²) in [5.74, 6) is -0.996. The van der Waals surface area contributed by atoms with Gasteiger partial charge in [0, 0.05) is 0 Å². The van der Waals surface area contributed by atoms with E-state index >= 15 is 0 Å². The van der Waals surface area contributed by atoms with Gasteiger partial charge in [0.25, 0.3) is 0 Å². The Morgan fingerprint density at radius 2 is 2.18 bits per heavy atom. The summed E-state index contributed by atoms with van der Waals surface area (Å²) >= 11 is 0. The summed E-state index contributed by atoms with van der Waals surface area (Å²) < 4.78 is 12.1. The Morgan fingerprint density at radius 1 is 1.64 bits per heavy atom. The third-order valence-corrected chi connectivity index (χ3v) is 0.794. The van der Waals surface area contributed by atoms with Gasteiger partial charge in [-0.1, -0.05) is 0 Å². The number of nitrogen functional groups attached to an aromatic ring is 1. The molecule has 1 heterocycles. The summed E-state index contributed by atoms with van der Waals surface area (Å²) in [6, 6.07) is 0. The summed E-state index contributed by atoms with van der Waals surface area (Å²) in [6.45, 7) is 0. The minimum absolute atomic E-state index is 0. The Balaban J connectivity index is 0. The van der Waals surface area contributed by atoms with Crippen LogP contribution in [0.4, 0.5) is 10.2 Å². The van der Waals surface area contributed by atoms with Crippen LogP contribution in [0.5, 0.6) is 0 Å². The number of nitrogens with one attached hydrogen (secondary N) is 1. The normalized spacial score (nSPS) is 7.73. The first-order chi connectivity index (χ1) is 4.20. The van der Waals surface area contributed by atoms with Gasteiger partial charge < -0.3 is 29.7 Å². The van der Waals surface area contributed by atoms with Crippen LogP contribution < -0.4 is 86.8 Å². The van der Waals surface area contributed by atoms with E-state index in [1.807, 2.05) is 4.98 Å². The minimum Gasteiger partial charge on any atom is -1.00 e. The molecule has 0 aliphatic heterocycles. The zero-order valence-corrected chi connectivity index (χ0v) is 11.0. The van der Waals surface area contributed by atoms with Crippen molar-refractivity contribution in [3.8, 4) is 0 Å². The maximum atomic E-state index is 12.1. The number of nitrogens with zero attached hydrogens (tertiary/aromatic N) is 1. The molecule has 0 aliphatic carbocycles. The largest absolute Gasteiger partial charge is 1.00 e. The van der Waals surface area contributed by atoms with Crippen molar-refractivity contribution in [3.63, 3.8) is 0 Å². The molecule has 0 radical (unpaired) electrons. The van der Waals surface area contributed by atoms with Gasteiger partial charge in [0.1, 0.15) is 5.82 Å². The molecule has 0 fully saturated rings. The molecule has 0 atom stereocenters. The number of hydrogen-bond donors (Lipinski definition) is 2. The summed E-state index contributed by atoms with van der Waals surface area (Å²) in [6.07, 6.45) is 0.772.